The molecule has 2 heterocycles. The van der Waals surface area contributed by atoms with E-state index < -0.39 is 0 Å². The van der Waals surface area contributed by atoms with Crippen LogP contribution in [0.1, 0.15) is 25.6 Å². The quantitative estimate of drug-likeness (QED) is 0.786. The molecule has 94 valence electrons. The number of hydrogen-bond acceptors (Lipinski definition) is 5. The second kappa shape index (κ2) is 4.54. The van der Waals surface area contributed by atoms with Crippen molar-refractivity contribution in [2.24, 2.45) is 5.92 Å². The monoisotopic (exact) mass is 244 g/mol. The first-order valence-electron chi connectivity index (χ1n) is 6.40. The van der Waals surface area contributed by atoms with Crippen molar-refractivity contribution in [1.29, 1.82) is 5.26 Å². The third-order valence-corrected chi connectivity index (χ3v) is 3.50. The van der Waals surface area contributed by atoms with Crippen LogP contribution in [0.4, 0.5) is 5.82 Å². The Hall–Kier alpha value is -1.67. The molecule has 2 aliphatic rings. The SMILES string of the molecule is C[C@H]1CN(c2ccnc(C#N)n2)C[C@@H](C2CC2)O1. The number of anilines is 1. The molecule has 0 radical (unpaired) electrons. The van der Waals surface area contributed by atoms with Gasteiger partial charge >= 0.3 is 0 Å². The molecule has 1 saturated carbocycles. The fourth-order valence-corrected chi connectivity index (χ4v) is 2.48. The van der Waals surface area contributed by atoms with Gasteiger partial charge in [0.25, 0.3) is 0 Å². The summed E-state index contributed by atoms with van der Waals surface area (Å²) in [4.78, 5) is 10.4. The van der Waals surface area contributed by atoms with E-state index in [1.165, 1.54) is 12.8 Å². The highest BCUT2D eigenvalue weighted by atomic mass is 16.5. The predicted molar refractivity (Wildman–Crippen MR) is 66.0 cm³/mol. The van der Waals surface area contributed by atoms with Gasteiger partial charge < -0.3 is 9.64 Å². The van der Waals surface area contributed by atoms with Crippen molar-refractivity contribution in [2.75, 3.05) is 18.0 Å². The fraction of sp³-hybridized carbons (Fsp3) is 0.615. The van der Waals surface area contributed by atoms with Crippen molar-refractivity contribution < 1.29 is 4.74 Å². The third-order valence-electron chi connectivity index (χ3n) is 3.50. The van der Waals surface area contributed by atoms with Crippen LogP contribution in [0.5, 0.6) is 0 Å². The zero-order chi connectivity index (χ0) is 12.5. The van der Waals surface area contributed by atoms with Crippen LogP contribution in [0.3, 0.4) is 0 Å². The van der Waals surface area contributed by atoms with Gasteiger partial charge in [-0.3, -0.25) is 0 Å². The number of nitrogens with zero attached hydrogens (tertiary/aromatic N) is 4. The molecule has 1 aliphatic carbocycles. The van der Waals surface area contributed by atoms with E-state index in [1.54, 1.807) is 6.20 Å². The van der Waals surface area contributed by atoms with E-state index in [4.69, 9.17) is 10.00 Å². The molecule has 3 rings (SSSR count). The highest BCUT2D eigenvalue weighted by molar-refractivity contribution is 5.40. The van der Waals surface area contributed by atoms with Crippen LogP contribution in [-0.4, -0.2) is 35.3 Å². The Morgan fingerprint density at radius 1 is 1.44 bits per heavy atom. The molecule has 0 spiro atoms. The molecule has 0 amide bonds. The summed E-state index contributed by atoms with van der Waals surface area (Å²) in [6.07, 6.45) is 4.73. The largest absolute Gasteiger partial charge is 0.371 e. The molecule has 0 aromatic carbocycles. The van der Waals surface area contributed by atoms with Gasteiger partial charge in [0.2, 0.25) is 5.82 Å². The van der Waals surface area contributed by atoms with Crippen molar-refractivity contribution in [1.82, 2.24) is 9.97 Å². The molecular weight excluding hydrogens is 228 g/mol. The first-order chi connectivity index (χ1) is 8.76. The summed E-state index contributed by atoms with van der Waals surface area (Å²) in [7, 11) is 0. The lowest BCUT2D eigenvalue weighted by atomic mass is 10.1. The molecule has 2 fully saturated rings. The molecule has 0 unspecified atom stereocenters. The Kier molecular flexibility index (Phi) is 2.88. The predicted octanol–water partition coefficient (Wildman–Crippen LogP) is 1.35. The molecule has 1 aromatic rings. The van der Waals surface area contributed by atoms with Gasteiger partial charge in [-0.05, 0) is 31.7 Å². The number of rotatable bonds is 2. The van der Waals surface area contributed by atoms with E-state index in [0.29, 0.717) is 12.0 Å². The molecule has 5 nitrogen and oxygen atoms in total. The number of ether oxygens (including phenoxy) is 1. The van der Waals surface area contributed by atoms with E-state index in [9.17, 15) is 0 Å². The summed E-state index contributed by atoms with van der Waals surface area (Å²) in [5, 5.41) is 8.84. The van der Waals surface area contributed by atoms with Crippen LogP contribution in [0, 0.1) is 17.2 Å². The van der Waals surface area contributed by atoms with Crippen LogP contribution in [0.25, 0.3) is 0 Å². The number of nitriles is 1. The Bertz CT molecular complexity index is 480. The molecule has 0 N–H and O–H groups in total. The zero-order valence-corrected chi connectivity index (χ0v) is 10.4. The Labute approximate surface area is 106 Å². The smallest absolute Gasteiger partial charge is 0.234 e. The van der Waals surface area contributed by atoms with Gasteiger partial charge in [0.05, 0.1) is 12.2 Å². The van der Waals surface area contributed by atoms with Gasteiger partial charge in [-0.25, -0.2) is 9.97 Å². The molecular formula is C13H16N4O. The van der Waals surface area contributed by atoms with Gasteiger partial charge in [0.1, 0.15) is 11.9 Å². The lowest BCUT2D eigenvalue weighted by Gasteiger charge is -2.37. The summed E-state index contributed by atoms with van der Waals surface area (Å²) in [5.74, 6) is 1.78. The van der Waals surface area contributed by atoms with E-state index in [-0.39, 0.29) is 11.9 Å². The maximum absolute atomic E-state index is 8.84. The second-order valence-electron chi connectivity index (χ2n) is 5.08. The van der Waals surface area contributed by atoms with E-state index in [1.807, 2.05) is 12.1 Å². The highest BCUT2D eigenvalue weighted by Gasteiger charge is 2.37. The van der Waals surface area contributed by atoms with Crippen molar-refractivity contribution in [3.63, 3.8) is 0 Å². The van der Waals surface area contributed by atoms with E-state index in [2.05, 4.69) is 21.8 Å². The minimum atomic E-state index is 0.213. The Morgan fingerprint density at radius 3 is 3.00 bits per heavy atom. The number of aromatic nitrogens is 2. The fourth-order valence-electron chi connectivity index (χ4n) is 2.48. The zero-order valence-electron chi connectivity index (χ0n) is 10.4. The number of hydrogen-bond donors (Lipinski definition) is 0. The van der Waals surface area contributed by atoms with Gasteiger partial charge in [0.15, 0.2) is 0 Å². The van der Waals surface area contributed by atoms with E-state index >= 15 is 0 Å². The average Bonchev–Trinajstić information content (AvgIpc) is 3.22. The second-order valence-corrected chi connectivity index (χ2v) is 5.08. The molecule has 5 heteroatoms. The Balaban J connectivity index is 1.79. The molecule has 1 aliphatic heterocycles. The lowest BCUT2D eigenvalue weighted by Crippen LogP contribution is -2.47. The minimum Gasteiger partial charge on any atom is -0.371 e. The molecule has 2 atom stereocenters. The van der Waals surface area contributed by atoms with Crippen LogP contribution in [0.2, 0.25) is 0 Å². The van der Waals surface area contributed by atoms with Gasteiger partial charge in [-0.15, -0.1) is 0 Å². The van der Waals surface area contributed by atoms with Crippen LogP contribution >= 0.6 is 0 Å². The molecule has 1 aromatic heterocycles. The van der Waals surface area contributed by atoms with Crippen molar-refractivity contribution in [3.8, 4) is 6.07 Å². The first-order valence-corrected chi connectivity index (χ1v) is 6.40. The minimum absolute atomic E-state index is 0.213. The maximum atomic E-state index is 8.84. The van der Waals surface area contributed by atoms with Gasteiger partial charge in [-0.2, -0.15) is 5.26 Å². The van der Waals surface area contributed by atoms with Crippen LogP contribution in [0.15, 0.2) is 12.3 Å². The van der Waals surface area contributed by atoms with Crippen LogP contribution < -0.4 is 4.90 Å². The molecule has 0 bridgehead atoms. The van der Waals surface area contributed by atoms with Crippen molar-refractivity contribution in [2.45, 2.75) is 32.0 Å². The maximum Gasteiger partial charge on any atom is 0.234 e. The van der Waals surface area contributed by atoms with Gasteiger partial charge in [-0.1, -0.05) is 0 Å². The topological polar surface area (TPSA) is 62.0 Å². The van der Waals surface area contributed by atoms with Crippen LogP contribution in [-0.2, 0) is 4.74 Å². The summed E-state index contributed by atoms with van der Waals surface area (Å²) in [6, 6.07) is 3.85. The summed E-state index contributed by atoms with van der Waals surface area (Å²) in [5.41, 5.74) is 0. The van der Waals surface area contributed by atoms with Gasteiger partial charge in [0, 0.05) is 19.3 Å². The normalized spacial score (nSPS) is 27.9. The molecule has 1 saturated heterocycles. The highest BCUT2D eigenvalue weighted by Crippen LogP contribution is 2.37. The average molecular weight is 244 g/mol. The summed E-state index contributed by atoms with van der Waals surface area (Å²) in [6.45, 7) is 3.79. The standard InChI is InChI=1S/C13H16N4O/c1-9-7-17(8-11(18-9)10-2-3-10)13-4-5-15-12(6-14)16-13/h4-5,9-11H,2-3,7-8H2,1H3/t9-,11-/m0/s1. The van der Waals surface area contributed by atoms with Crippen molar-refractivity contribution in [3.05, 3.63) is 18.1 Å². The number of morpholine rings is 1. The van der Waals surface area contributed by atoms with Crippen molar-refractivity contribution >= 4 is 5.82 Å². The summed E-state index contributed by atoms with van der Waals surface area (Å²) >= 11 is 0. The Morgan fingerprint density at radius 2 is 2.28 bits per heavy atom. The third kappa shape index (κ3) is 2.29. The first kappa shape index (κ1) is 11.4. The van der Waals surface area contributed by atoms with E-state index in [0.717, 1.165) is 18.9 Å². The molecule has 18 heavy (non-hydrogen) atoms. The lowest BCUT2D eigenvalue weighted by molar-refractivity contribution is -0.0273. The summed E-state index contributed by atoms with van der Waals surface area (Å²) < 4.78 is 5.97.